The van der Waals surface area contributed by atoms with Crippen LogP contribution in [0.4, 0.5) is 0 Å². The van der Waals surface area contributed by atoms with Gasteiger partial charge in [-0.2, -0.15) is 0 Å². The van der Waals surface area contributed by atoms with Gasteiger partial charge < -0.3 is 5.73 Å². The second kappa shape index (κ2) is 4.47. The SMILES string of the molecule is CC(CC(C)(C)N)C(C)C(C)(C)[N+](=O)[O-]. The van der Waals surface area contributed by atoms with Crippen LogP contribution in [-0.4, -0.2) is 16.0 Å². The first-order valence-corrected chi connectivity index (χ1v) is 5.42. The topological polar surface area (TPSA) is 69.2 Å². The normalized spacial score (nSPS) is 17.3. The molecule has 0 aromatic carbocycles. The third kappa shape index (κ3) is 4.16. The lowest BCUT2D eigenvalue weighted by Crippen LogP contribution is -2.44. The Kier molecular flexibility index (Phi) is 4.28. The van der Waals surface area contributed by atoms with E-state index in [1.165, 1.54) is 0 Å². The molecule has 0 aliphatic carbocycles. The van der Waals surface area contributed by atoms with Gasteiger partial charge in [-0.3, -0.25) is 10.1 Å². The van der Waals surface area contributed by atoms with Crippen molar-refractivity contribution < 1.29 is 4.92 Å². The fourth-order valence-corrected chi connectivity index (χ4v) is 1.87. The molecule has 4 nitrogen and oxygen atoms in total. The zero-order chi connectivity index (χ0) is 12.4. The number of hydrogen-bond acceptors (Lipinski definition) is 3. The standard InChI is InChI=1S/C11H24N2O2/c1-8(7-10(3,4)12)9(2)11(5,6)13(14)15/h8-9H,7,12H2,1-6H3. The van der Waals surface area contributed by atoms with Gasteiger partial charge in [0.2, 0.25) is 5.54 Å². The Bertz CT molecular complexity index is 231. The minimum absolute atomic E-state index is 0.00956. The number of nitrogens with two attached hydrogens (primary N) is 1. The van der Waals surface area contributed by atoms with Gasteiger partial charge in [0.05, 0.1) is 0 Å². The number of rotatable bonds is 5. The average Bonchev–Trinajstić information content (AvgIpc) is 1.99. The Morgan fingerprint density at radius 3 is 1.93 bits per heavy atom. The quantitative estimate of drug-likeness (QED) is 0.567. The molecule has 2 N–H and O–H groups in total. The van der Waals surface area contributed by atoms with E-state index < -0.39 is 5.54 Å². The Hall–Kier alpha value is -0.640. The van der Waals surface area contributed by atoms with Crippen LogP contribution in [0.25, 0.3) is 0 Å². The van der Waals surface area contributed by atoms with E-state index in [0.717, 1.165) is 6.42 Å². The molecule has 0 saturated heterocycles. The third-order valence-corrected chi connectivity index (χ3v) is 3.29. The highest BCUT2D eigenvalue weighted by Gasteiger charge is 2.41. The monoisotopic (exact) mass is 216 g/mol. The van der Waals surface area contributed by atoms with Crippen LogP contribution in [0, 0.1) is 22.0 Å². The van der Waals surface area contributed by atoms with Crippen LogP contribution in [0.2, 0.25) is 0 Å². The number of hydrogen-bond donors (Lipinski definition) is 1. The largest absolute Gasteiger partial charge is 0.326 e. The Morgan fingerprint density at radius 1 is 1.27 bits per heavy atom. The molecule has 90 valence electrons. The zero-order valence-corrected chi connectivity index (χ0v) is 10.7. The van der Waals surface area contributed by atoms with Gasteiger partial charge in [-0.15, -0.1) is 0 Å². The molecule has 0 aliphatic heterocycles. The molecule has 0 bridgehead atoms. The molecule has 15 heavy (non-hydrogen) atoms. The summed E-state index contributed by atoms with van der Waals surface area (Å²) in [5, 5.41) is 10.9. The molecule has 0 amide bonds. The van der Waals surface area contributed by atoms with Crippen molar-refractivity contribution in [3.8, 4) is 0 Å². The van der Waals surface area contributed by atoms with E-state index in [9.17, 15) is 10.1 Å². The minimum atomic E-state index is -0.884. The summed E-state index contributed by atoms with van der Waals surface area (Å²) in [5.74, 6) is 0.251. The molecular formula is C11H24N2O2. The summed E-state index contributed by atoms with van der Waals surface area (Å²) in [7, 11) is 0. The summed E-state index contributed by atoms with van der Waals surface area (Å²) in [6, 6.07) is 0. The van der Waals surface area contributed by atoms with E-state index >= 15 is 0 Å². The van der Waals surface area contributed by atoms with Crippen LogP contribution in [0.15, 0.2) is 0 Å². The predicted molar refractivity (Wildman–Crippen MR) is 62.3 cm³/mol. The van der Waals surface area contributed by atoms with Crippen LogP contribution in [0.1, 0.15) is 48.0 Å². The van der Waals surface area contributed by atoms with Crippen molar-refractivity contribution in [3.05, 3.63) is 10.1 Å². The summed E-state index contributed by atoms with van der Waals surface area (Å²) in [6.07, 6.45) is 0.797. The summed E-state index contributed by atoms with van der Waals surface area (Å²) >= 11 is 0. The molecule has 0 spiro atoms. The van der Waals surface area contributed by atoms with Gasteiger partial charge in [0, 0.05) is 30.2 Å². The highest BCUT2D eigenvalue weighted by atomic mass is 16.6. The van der Waals surface area contributed by atoms with E-state index in [2.05, 4.69) is 0 Å². The first kappa shape index (κ1) is 14.4. The lowest BCUT2D eigenvalue weighted by atomic mass is 9.76. The van der Waals surface area contributed by atoms with Crippen LogP contribution in [0.5, 0.6) is 0 Å². The van der Waals surface area contributed by atoms with E-state index in [-0.39, 0.29) is 22.3 Å². The van der Waals surface area contributed by atoms with Gasteiger partial charge in [-0.1, -0.05) is 13.8 Å². The Morgan fingerprint density at radius 2 is 1.67 bits per heavy atom. The number of nitro groups is 1. The molecule has 2 atom stereocenters. The fourth-order valence-electron chi connectivity index (χ4n) is 1.87. The molecular weight excluding hydrogens is 192 g/mol. The highest BCUT2D eigenvalue weighted by Crippen LogP contribution is 2.31. The van der Waals surface area contributed by atoms with E-state index in [4.69, 9.17) is 5.73 Å². The Balaban J connectivity index is 4.58. The smallest absolute Gasteiger partial charge is 0.219 e. The van der Waals surface area contributed by atoms with Crippen LogP contribution in [-0.2, 0) is 0 Å². The highest BCUT2D eigenvalue weighted by molar-refractivity contribution is 4.84. The van der Waals surface area contributed by atoms with Crippen LogP contribution < -0.4 is 5.73 Å². The third-order valence-electron chi connectivity index (χ3n) is 3.29. The van der Waals surface area contributed by atoms with Gasteiger partial charge in [0.1, 0.15) is 0 Å². The van der Waals surface area contributed by atoms with Crippen molar-refractivity contribution in [3.63, 3.8) is 0 Å². The fraction of sp³-hybridized carbons (Fsp3) is 1.00. The van der Waals surface area contributed by atoms with Crippen molar-refractivity contribution in [2.75, 3.05) is 0 Å². The van der Waals surface area contributed by atoms with Crippen molar-refractivity contribution in [1.29, 1.82) is 0 Å². The maximum absolute atomic E-state index is 10.9. The second-order valence-corrected chi connectivity index (χ2v) is 5.87. The number of nitrogens with zero attached hydrogens (tertiary/aromatic N) is 1. The molecule has 0 rings (SSSR count). The molecule has 0 heterocycles. The van der Waals surface area contributed by atoms with Crippen LogP contribution in [0.3, 0.4) is 0 Å². The van der Waals surface area contributed by atoms with E-state index in [1.54, 1.807) is 13.8 Å². The summed E-state index contributed by atoms with van der Waals surface area (Å²) in [4.78, 5) is 10.7. The first-order chi connectivity index (χ1) is 6.48. The minimum Gasteiger partial charge on any atom is -0.326 e. The predicted octanol–water partition coefficient (Wildman–Crippen LogP) is 2.44. The maximum atomic E-state index is 10.9. The molecule has 0 fully saturated rings. The Labute approximate surface area is 92.4 Å². The molecule has 2 unspecified atom stereocenters. The van der Waals surface area contributed by atoms with Gasteiger partial charge in [-0.25, -0.2) is 0 Å². The maximum Gasteiger partial charge on any atom is 0.219 e. The van der Waals surface area contributed by atoms with Crippen molar-refractivity contribution in [1.82, 2.24) is 0 Å². The van der Waals surface area contributed by atoms with Crippen molar-refractivity contribution in [2.45, 2.75) is 59.0 Å². The molecule has 4 heteroatoms. The van der Waals surface area contributed by atoms with Gasteiger partial charge in [0.15, 0.2) is 0 Å². The molecule has 0 aromatic rings. The van der Waals surface area contributed by atoms with Crippen LogP contribution >= 0.6 is 0 Å². The summed E-state index contributed by atoms with van der Waals surface area (Å²) in [5.41, 5.74) is 4.78. The van der Waals surface area contributed by atoms with Crippen molar-refractivity contribution >= 4 is 0 Å². The molecule has 0 aliphatic rings. The summed E-state index contributed by atoms with van der Waals surface area (Å²) < 4.78 is 0. The van der Waals surface area contributed by atoms with E-state index in [1.807, 2.05) is 27.7 Å². The average molecular weight is 216 g/mol. The van der Waals surface area contributed by atoms with E-state index in [0.29, 0.717) is 0 Å². The lowest BCUT2D eigenvalue weighted by Gasteiger charge is -2.32. The summed E-state index contributed by atoms with van der Waals surface area (Å²) in [6.45, 7) is 11.2. The van der Waals surface area contributed by atoms with Gasteiger partial charge in [0.25, 0.3) is 0 Å². The molecule has 0 radical (unpaired) electrons. The van der Waals surface area contributed by atoms with Crippen molar-refractivity contribution in [2.24, 2.45) is 17.6 Å². The van der Waals surface area contributed by atoms with Gasteiger partial charge in [-0.05, 0) is 26.2 Å². The molecule has 0 saturated carbocycles. The van der Waals surface area contributed by atoms with Gasteiger partial charge >= 0.3 is 0 Å². The first-order valence-electron chi connectivity index (χ1n) is 5.42. The lowest BCUT2D eigenvalue weighted by molar-refractivity contribution is -0.572. The molecule has 0 aromatic heterocycles. The zero-order valence-electron chi connectivity index (χ0n) is 10.7. The second-order valence-electron chi connectivity index (χ2n) is 5.87.